The molecule has 3 nitrogen and oxygen atoms in total. The Kier molecular flexibility index (Phi) is 6.23. The topological polar surface area (TPSA) is 38.3 Å². The summed E-state index contributed by atoms with van der Waals surface area (Å²) in [5, 5.41) is 3.45. The third-order valence-electron chi connectivity index (χ3n) is 3.74. The standard InChI is InChI=1S/C22H17ClFNO2/c23-18-6-1-17(2-7-18)15-27-21-12-10-20(11-13-21)25-22(26)14-5-16-3-8-19(24)9-4-16/h1-14H,15H2,(H,25,26)/b14-5+. The number of amides is 1. The minimum atomic E-state index is -0.310. The summed E-state index contributed by atoms with van der Waals surface area (Å²) in [5.74, 6) is 0.119. The van der Waals surface area contributed by atoms with E-state index >= 15 is 0 Å². The molecule has 0 aliphatic rings. The monoisotopic (exact) mass is 381 g/mol. The number of carbonyl (C=O) groups is 1. The van der Waals surface area contributed by atoms with E-state index in [0.29, 0.717) is 23.1 Å². The molecule has 3 aromatic carbocycles. The largest absolute Gasteiger partial charge is 0.489 e. The molecular weight excluding hydrogens is 365 g/mol. The molecule has 0 spiro atoms. The second-order valence-electron chi connectivity index (χ2n) is 5.81. The molecule has 3 rings (SSSR count). The fourth-order valence-electron chi connectivity index (χ4n) is 2.31. The molecule has 0 aliphatic carbocycles. The van der Waals surface area contributed by atoms with Gasteiger partial charge in [0.15, 0.2) is 0 Å². The molecule has 1 N–H and O–H groups in total. The molecule has 0 atom stereocenters. The summed E-state index contributed by atoms with van der Waals surface area (Å²) in [6.45, 7) is 0.434. The Morgan fingerprint density at radius 3 is 2.30 bits per heavy atom. The Labute approximate surface area is 162 Å². The SMILES string of the molecule is O=C(/C=C/c1ccc(F)cc1)Nc1ccc(OCc2ccc(Cl)cc2)cc1. The Morgan fingerprint density at radius 1 is 0.963 bits per heavy atom. The first-order valence-electron chi connectivity index (χ1n) is 8.30. The van der Waals surface area contributed by atoms with Gasteiger partial charge in [-0.3, -0.25) is 4.79 Å². The van der Waals surface area contributed by atoms with Crippen LogP contribution in [0.4, 0.5) is 10.1 Å². The van der Waals surface area contributed by atoms with E-state index in [0.717, 1.165) is 11.1 Å². The van der Waals surface area contributed by atoms with Crippen LogP contribution in [0, 0.1) is 5.82 Å². The first kappa shape index (κ1) is 18.7. The van der Waals surface area contributed by atoms with Gasteiger partial charge in [-0.1, -0.05) is 35.9 Å². The summed E-state index contributed by atoms with van der Waals surface area (Å²) in [6, 6.07) is 20.5. The Hall–Kier alpha value is -3.11. The van der Waals surface area contributed by atoms with Crippen LogP contribution in [0.15, 0.2) is 78.9 Å². The van der Waals surface area contributed by atoms with Crippen molar-refractivity contribution in [1.29, 1.82) is 0 Å². The number of ether oxygens (including phenoxy) is 1. The molecule has 0 fully saturated rings. The van der Waals surface area contributed by atoms with E-state index in [4.69, 9.17) is 16.3 Å². The van der Waals surface area contributed by atoms with Crippen LogP contribution in [0.1, 0.15) is 11.1 Å². The lowest BCUT2D eigenvalue weighted by atomic mass is 10.2. The molecule has 0 radical (unpaired) electrons. The van der Waals surface area contributed by atoms with Crippen molar-refractivity contribution in [1.82, 2.24) is 0 Å². The van der Waals surface area contributed by atoms with Crippen molar-refractivity contribution in [3.8, 4) is 5.75 Å². The highest BCUT2D eigenvalue weighted by Crippen LogP contribution is 2.18. The average molecular weight is 382 g/mol. The second-order valence-corrected chi connectivity index (χ2v) is 6.25. The molecular formula is C22H17ClFNO2. The fourth-order valence-corrected chi connectivity index (χ4v) is 2.44. The fraction of sp³-hybridized carbons (Fsp3) is 0.0455. The van der Waals surface area contributed by atoms with Gasteiger partial charge in [0.05, 0.1) is 0 Å². The predicted octanol–water partition coefficient (Wildman–Crippen LogP) is 5.71. The maximum Gasteiger partial charge on any atom is 0.248 e. The van der Waals surface area contributed by atoms with E-state index in [9.17, 15) is 9.18 Å². The van der Waals surface area contributed by atoms with Crippen LogP contribution in [-0.2, 0) is 11.4 Å². The van der Waals surface area contributed by atoms with Gasteiger partial charge in [-0.25, -0.2) is 4.39 Å². The summed E-state index contributed by atoms with van der Waals surface area (Å²) in [4.78, 5) is 12.0. The summed E-state index contributed by atoms with van der Waals surface area (Å²) in [6.07, 6.45) is 3.02. The first-order chi connectivity index (χ1) is 13.1. The smallest absolute Gasteiger partial charge is 0.248 e. The van der Waals surface area contributed by atoms with Gasteiger partial charge < -0.3 is 10.1 Å². The van der Waals surface area contributed by atoms with Crippen molar-refractivity contribution in [2.45, 2.75) is 6.61 Å². The second kappa shape index (κ2) is 9.01. The molecule has 0 aliphatic heterocycles. The first-order valence-corrected chi connectivity index (χ1v) is 8.68. The molecule has 5 heteroatoms. The highest BCUT2D eigenvalue weighted by atomic mass is 35.5. The van der Waals surface area contributed by atoms with E-state index in [-0.39, 0.29) is 11.7 Å². The predicted molar refractivity (Wildman–Crippen MR) is 106 cm³/mol. The molecule has 0 saturated heterocycles. The average Bonchev–Trinajstić information content (AvgIpc) is 2.68. The van der Waals surface area contributed by atoms with E-state index in [1.54, 1.807) is 42.5 Å². The van der Waals surface area contributed by atoms with Gasteiger partial charge in [-0.15, -0.1) is 0 Å². The molecule has 0 bridgehead atoms. The normalized spacial score (nSPS) is 10.7. The molecule has 0 aromatic heterocycles. The van der Waals surface area contributed by atoms with E-state index in [1.165, 1.54) is 18.2 Å². The summed E-state index contributed by atoms with van der Waals surface area (Å²) in [5.41, 5.74) is 2.42. The molecule has 1 amide bonds. The number of benzene rings is 3. The number of carbonyl (C=O) groups excluding carboxylic acids is 1. The van der Waals surface area contributed by atoms with Gasteiger partial charge in [0.1, 0.15) is 18.2 Å². The maximum atomic E-state index is 12.9. The summed E-state index contributed by atoms with van der Waals surface area (Å²) in [7, 11) is 0. The van der Waals surface area contributed by atoms with Crippen LogP contribution < -0.4 is 10.1 Å². The minimum Gasteiger partial charge on any atom is -0.489 e. The van der Waals surface area contributed by atoms with Gasteiger partial charge in [-0.05, 0) is 65.7 Å². The quantitative estimate of drug-likeness (QED) is 0.555. The summed E-state index contributed by atoms with van der Waals surface area (Å²) >= 11 is 5.86. The zero-order chi connectivity index (χ0) is 19.1. The molecule has 0 heterocycles. The Bertz CT molecular complexity index is 920. The van der Waals surface area contributed by atoms with Crippen molar-refractivity contribution in [2.24, 2.45) is 0 Å². The number of hydrogen-bond donors (Lipinski definition) is 1. The lowest BCUT2D eigenvalue weighted by Gasteiger charge is -2.08. The van der Waals surface area contributed by atoms with Gasteiger partial charge in [0, 0.05) is 16.8 Å². The zero-order valence-electron chi connectivity index (χ0n) is 14.4. The lowest BCUT2D eigenvalue weighted by molar-refractivity contribution is -0.111. The molecule has 0 saturated carbocycles. The third-order valence-corrected chi connectivity index (χ3v) is 3.99. The van der Waals surface area contributed by atoms with E-state index in [2.05, 4.69) is 5.32 Å². The third kappa shape index (κ3) is 5.97. The zero-order valence-corrected chi connectivity index (χ0v) is 15.1. The highest BCUT2D eigenvalue weighted by molar-refractivity contribution is 6.30. The Balaban J connectivity index is 1.51. The summed E-state index contributed by atoms with van der Waals surface area (Å²) < 4.78 is 18.6. The van der Waals surface area contributed by atoms with Crippen molar-refractivity contribution in [3.05, 3.63) is 101 Å². The van der Waals surface area contributed by atoms with Crippen molar-refractivity contribution < 1.29 is 13.9 Å². The minimum absolute atomic E-state index is 0.269. The number of rotatable bonds is 6. The van der Waals surface area contributed by atoms with Crippen LogP contribution in [0.5, 0.6) is 5.75 Å². The van der Waals surface area contributed by atoms with E-state index in [1.807, 2.05) is 24.3 Å². The van der Waals surface area contributed by atoms with Crippen molar-refractivity contribution in [3.63, 3.8) is 0 Å². The van der Waals surface area contributed by atoms with Crippen LogP contribution in [0.25, 0.3) is 6.08 Å². The number of halogens is 2. The number of nitrogens with one attached hydrogen (secondary N) is 1. The lowest BCUT2D eigenvalue weighted by Crippen LogP contribution is -2.07. The van der Waals surface area contributed by atoms with Crippen molar-refractivity contribution >= 4 is 29.3 Å². The molecule has 27 heavy (non-hydrogen) atoms. The van der Waals surface area contributed by atoms with Gasteiger partial charge in [-0.2, -0.15) is 0 Å². The van der Waals surface area contributed by atoms with Gasteiger partial charge in [0.2, 0.25) is 5.91 Å². The van der Waals surface area contributed by atoms with Crippen LogP contribution in [-0.4, -0.2) is 5.91 Å². The number of anilines is 1. The molecule has 136 valence electrons. The van der Waals surface area contributed by atoms with Gasteiger partial charge in [0.25, 0.3) is 0 Å². The van der Waals surface area contributed by atoms with E-state index < -0.39 is 0 Å². The molecule has 3 aromatic rings. The molecule has 0 unspecified atom stereocenters. The highest BCUT2D eigenvalue weighted by Gasteiger charge is 2.00. The van der Waals surface area contributed by atoms with Crippen molar-refractivity contribution in [2.75, 3.05) is 5.32 Å². The van der Waals surface area contributed by atoms with Crippen LogP contribution in [0.2, 0.25) is 5.02 Å². The Morgan fingerprint density at radius 2 is 1.63 bits per heavy atom. The van der Waals surface area contributed by atoms with Crippen LogP contribution in [0.3, 0.4) is 0 Å². The number of hydrogen-bond acceptors (Lipinski definition) is 2. The van der Waals surface area contributed by atoms with Gasteiger partial charge >= 0.3 is 0 Å². The maximum absolute atomic E-state index is 12.9. The van der Waals surface area contributed by atoms with Crippen LogP contribution >= 0.6 is 11.6 Å².